The van der Waals surface area contributed by atoms with Gasteiger partial charge in [0.15, 0.2) is 0 Å². The van der Waals surface area contributed by atoms with Gasteiger partial charge in [0.05, 0.1) is 11.4 Å². The lowest BCUT2D eigenvalue weighted by atomic mass is 9.99. The highest BCUT2D eigenvalue weighted by molar-refractivity contribution is 5.82. The monoisotopic (exact) mass is 218 g/mol. The van der Waals surface area contributed by atoms with Gasteiger partial charge in [0.25, 0.3) is 0 Å². The zero-order chi connectivity index (χ0) is 11.7. The second-order valence-electron chi connectivity index (χ2n) is 4.10. The number of nitrogens with zero attached hydrogens (tertiary/aromatic N) is 2. The number of carboxylic acid groups (broad SMARTS) is 1. The van der Waals surface area contributed by atoms with Crippen molar-refractivity contribution in [2.24, 2.45) is 13.0 Å². The summed E-state index contributed by atoms with van der Waals surface area (Å²) in [6, 6.07) is 5.81. The molecule has 1 N–H and O–H groups in total. The Hall–Kier alpha value is -1.84. The summed E-state index contributed by atoms with van der Waals surface area (Å²) >= 11 is 0. The summed E-state index contributed by atoms with van der Waals surface area (Å²) in [4.78, 5) is 10.8. The number of hydrogen-bond acceptors (Lipinski definition) is 2. The van der Waals surface area contributed by atoms with Gasteiger partial charge >= 0.3 is 5.97 Å². The number of carboxylic acids is 1. The normalized spacial score (nSPS) is 12.9. The molecule has 2 aromatic rings. The van der Waals surface area contributed by atoms with Crippen LogP contribution in [-0.2, 0) is 18.3 Å². The third kappa shape index (κ3) is 1.91. The molecule has 0 aliphatic heterocycles. The molecule has 1 unspecified atom stereocenters. The molecule has 1 aromatic carbocycles. The maximum atomic E-state index is 10.8. The molecule has 0 fully saturated rings. The van der Waals surface area contributed by atoms with Crippen LogP contribution in [0.3, 0.4) is 0 Å². The van der Waals surface area contributed by atoms with Gasteiger partial charge in [-0.15, -0.1) is 0 Å². The second-order valence-corrected chi connectivity index (χ2v) is 4.10. The first kappa shape index (κ1) is 10.7. The summed E-state index contributed by atoms with van der Waals surface area (Å²) in [5.41, 5.74) is 1.96. The van der Waals surface area contributed by atoms with Crippen LogP contribution in [0.5, 0.6) is 0 Å². The number of aromatic nitrogens is 2. The van der Waals surface area contributed by atoms with Gasteiger partial charge in [-0.05, 0) is 18.1 Å². The lowest BCUT2D eigenvalue weighted by molar-refractivity contribution is -0.141. The fourth-order valence-corrected chi connectivity index (χ4v) is 1.82. The first-order chi connectivity index (χ1) is 7.58. The quantitative estimate of drug-likeness (QED) is 0.855. The predicted octanol–water partition coefficient (Wildman–Crippen LogP) is 1.84. The molecule has 0 radical (unpaired) electrons. The Bertz CT molecular complexity index is 531. The molecule has 2 rings (SSSR count). The van der Waals surface area contributed by atoms with E-state index in [1.54, 1.807) is 11.6 Å². The van der Waals surface area contributed by atoms with E-state index in [1.807, 2.05) is 31.4 Å². The fraction of sp³-hybridized carbons (Fsp3) is 0.333. The van der Waals surface area contributed by atoms with Crippen LogP contribution >= 0.6 is 0 Å². The fourth-order valence-electron chi connectivity index (χ4n) is 1.82. The Balaban J connectivity index is 2.40. The maximum absolute atomic E-state index is 10.8. The first-order valence-corrected chi connectivity index (χ1v) is 5.22. The number of carbonyl (C=O) groups is 1. The van der Waals surface area contributed by atoms with Crippen LogP contribution in [0.2, 0.25) is 0 Å². The number of fused-ring (bicyclic) bond motifs is 1. The third-order valence-corrected chi connectivity index (χ3v) is 2.70. The lowest BCUT2D eigenvalue weighted by Gasteiger charge is -2.06. The molecule has 0 amide bonds. The number of aryl methyl sites for hydroxylation is 1. The number of benzene rings is 1. The molecule has 1 heterocycles. The Morgan fingerprint density at radius 1 is 1.56 bits per heavy atom. The van der Waals surface area contributed by atoms with E-state index < -0.39 is 5.97 Å². The highest BCUT2D eigenvalue weighted by Crippen LogP contribution is 2.20. The Morgan fingerprint density at radius 2 is 2.31 bits per heavy atom. The van der Waals surface area contributed by atoms with Crippen LogP contribution in [0.1, 0.15) is 12.5 Å². The minimum absolute atomic E-state index is 0.370. The predicted molar refractivity (Wildman–Crippen MR) is 61.2 cm³/mol. The molecular formula is C12H14N2O2. The molecule has 0 saturated heterocycles. The van der Waals surface area contributed by atoms with Gasteiger partial charge in [-0.25, -0.2) is 0 Å². The molecule has 0 bridgehead atoms. The van der Waals surface area contributed by atoms with Crippen molar-refractivity contribution in [1.29, 1.82) is 0 Å². The lowest BCUT2D eigenvalue weighted by Crippen LogP contribution is -2.12. The summed E-state index contributed by atoms with van der Waals surface area (Å²) in [5, 5.41) is 14.2. The Kier molecular flexibility index (Phi) is 2.64. The van der Waals surface area contributed by atoms with Crippen LogP contribution in [0.4, 0.5) is 0 Å². The van der Waals surface area contributed by atoms with Crippen LogP contribution in [0.25, 0.3) is 10.9 Å². The van der Waals surface area contributed by atoms with Crippen molar-refractivity contribution in [3.05, 3.63) is 30.0 Å². The number of rotatable bonds is 3. The highest BCUT2D eigenvalue weighted by atomic mass is 16.4. The average molecular weight is 218 g/mol. The van der Waals surface area contributed by atoms with E-state index in [-0.39, 0.29) is 5.92 Å². The van der Waals surface area contributed by atoms with Gasteiger partial charge in [-0.2, -0.15) is 5.10 Å². The van der Waals surface area contributed by atoms with Crippen molar-refractivity contribution in [2.45, 2.75) is 13.3 Å². The van der Waals surface area contributed by atoms with Gasteiger partial charge in [-0.3, -0.25) is 9.48 Å². The Labute approximate surface area is 93.5 Å². The topological polar surface area (TPSA) is 55.1 Å². The zero-order valence-corrected chi connectivity index (χ0v) is 9.34. The van der Waals surface area contributed by atoms with Gasteiger partial charge in [0.1, 0.15) is 0 Å². The SMILES string of the molecule is CC(Cc1cccc2nn(C)cc12)C(=O)O. The third-order valence-electron chi connectivity index (χ3n) is 2.70. The largest absolute Gasteiger partial charge is 0.481 e. The molecule has 1 atom stereocenters. The van der Waals surface area contributed by atoms with Crippen molar-refractivity contribution in [3.63, 3.8) is 0 Å². The van der Waals surface area contributed by atoms with E-state index in [4.69, 9.17) is 5.11 Å². The van der Waals surface area contributed by atoms with E-state index in [2.05, 4.69) is 5.10 Å². The summed E-state index contributed by atoms with van der Waals surface area (Å²) < 4.78 is 1.75. The van der Waals surface area contributed by atoms with E-state index in [0.717, 1.165) is 16.5 Å². The summed E-state index contributed by atoms with van der Waals surface area (Å²) in [5.74, 6) is -1.13. The zero-order valence-electron chi connectivity index (χ0n) is 9.34. The van der Waals surface area contributed by atoms with Crippen molar-refractivity contribution in [2.75, 3.05) is 0 Å². The molecule has 84 valence electrons. The molecule has 0 aliphatic rings. The molecule has 0 spiro atoms. The minimum atomic E-state index is -0.763. The van der Waals surface area contributed by atoms with E-state index in [1.165, 1.54) is 0 Å². The van der Waals surface area contributed by atoms with Crippen molar-refractivity contribution in [1.82, 2.24) is 9.78 Å². The molecule has 1 aromatic heterocycles. The van der Waals surface area contributed by atoms with E-state index in [0.29, 0.717) is 6.42 Å². The average Bonchev–Trinajstić information content (AvgIpc) is 2.59. The highest BCUT2D eigenvalue weighted by Gasteiger charge is 2.14. The summed E-state index contributed by atoms with van der Waals surface area (Å²) in [6.07, 6.45) is 2.47. The number of hydrogen-bond donors (Lipinski definition) is 1. The van der Waals surface area contributed by atoms with Crippen molar-refractivity contribution in [3.8, 4) is 0 Å². The van der Waals surface area contributed by atoms with E-state index >= 15 is 0 Å². The molecule has 0 saturated carbocycles. The minimum Gasteiger partial charge on any atom is -0.481 e. The molecule has 4 heteroatoms. The van der Waals surface area contributed by atoms with Crippen LogP contribution in [0.15, 0.2) is 24.4 Å². The molecule has 0 aliphatic carbocycles. The maximum Gasteiger partial charge on any atom is 0.306 e. The molecule has 4 nitrogen and oxygen atoms in total. The summed E-state index contributed by atoms with van der Waals surface area (Å²) in [6.45, 7) is 1.72. The van der Waals surface area contributed by atoms with Gasteiger partial charge in [0, 0.05) is 18.6 Å². The van der Waals surface area contributed by atoms with Gasteiger partial charge in [-0.1, -0.05) is 19.1 Å². The number of aliphatic carboxylic acids is 1. The second kappa shape index (κ2) is 3.96. The van der Waals surface area contributed by atoms with Crippen molar-refractivity contribution >= 4 is 16.9 Å². The Morgan fingerprint density at radius 3 is 3.00 bits per heavy atom. The van der Waals surface area contributed by atoms with Gasteiger partial charge in [0.2, 0.25) is 0 Å². The van der Waals surface area contributed by atoms with Crippen LogP contribution in [0, 0.1) is 5.92 Å². The molecule has 16 heavy (non-hydrogen) atoms. The van der Waals surface area contributed by atoms with Crippen molar-refractivity contribution < 1.29 is 9.90 Å². The van der Waals surface area contributed by atoms with Gasteiger partial charge < -0.3 is 5.11 Å². The standard InChI is InChI=1S/C12H14N2O2/c1-8(12(15)16)6-9-4-3-5-11-10(9)7-14(2)13-11/h3-5,7-8H,6H2,1-2H3,(H,15,16). The van der Waals surface area contributed by atoms with Crippen LogP contribution in [-0.4, -0.2) is 20.9 Å². The molecular weight excluding hydrogens is 204 g/mol. The first-order valence-electron chi connectivity index (χ1n) is 5.22. The summed E-state index contributed by atoms with van der Waals surface area (Å²) in [7, 11) is 1.87. The van der Waals surface area contributed by atoms with E-state index in [9.17, 15) is 4.79 Å². The smallest absolute Gasteiger partial charge is 0.306 e. The van der Waals surface area contributed by atoms with Crippen LogP contribution < -0.4 is 0 Å².